The molecule has 0 aliphatic carbocycles. The molecule has 0 fully saturated rings. The van der Waals surface area contributed by atoms with Crippen LogP contribution in [-0.2, 0) is 0 Å². The number of benzene rings is 8. The molecule has 8 aromatic carbocycles. The molecule has 212 valence electrons. The van der Waals surface area contributed by atoms with Gasteiger partial charge in [-0.15, -0.1) is 0 Å². The Morgan fingerprint density at radius 1 is 0.378 bits per heavy atom. The molecule has 0 aliphatic rings. The molecular formula is C44H31N. The van der Waals surface area contributed by atoms with E-state index in [1.54, 1.807) is 36.4 Å². The minimum absolute atomic E-state index is 0.128. The van der Waals surface area contributed by atoms with Crippen molar-refractivity contribution in [1.82, 2.24) is 0 Å². The molecule has 0 bridgehead atoms. The van der Waals surface area contributed by atoms with Gasteiger partial charge in [0.2, 0.25) is 0 Å². The lowest BCUT2D eigenvalue weighted by Crippen LogP contribution is -2.10. The van der Waals surface area contributed by atoms with Gasteiger partial charge in [-0.25, -0.2) is 0 Å². The maximum absolute atomic E-state index is 9.74. The highest BCUT2D eigenvalue weighted by atomic mass is 15.1. The van der Waals surface area contributed by atoms with Gasteiger partial charge in [0.1, 0.15) is 0 Å². The van der Waals surface area contributed by atoms with Gasteiger partial charge in [0.15, 0.2) is 0 Å². The van der Waals surface area contributed by atoms with Crippen LogP contribution in [0.4, 0.5) is 17.1 Å². The van der Waals surface area contributed by atoms with Crippen LogP contribution in [0.1, 0.15) is 11.0 Å². The van der Waals surface area contributed by atoms with E-state index >= 15 is 0 Å². The molecule has 8 aromatic rings. The molecule has 0 spiro atoms. The Kier molecular flexibility index (Phi) is 5.01. The van der Waals surface area contributed by atoms with E-state index < -0.39 is 12.1 Å². The summed E-state index contributed by atoms with van der Waals surface area (Å²) in [5.74, 6) is 0. The van der Waals surface area contributed by atoms with Crippen LogP contribution in [0, 0.1) is 0 Å². The summed E-state index contributed by atoms with van der Waals surface area (Å²) in [6.45, 7) is 0. The third-order valence-electron chi connectivity index (χ3n) is 8.00. The molecule has 1 nitrogen and oxygen atoms in total. The molecule has 0 saturated carbocycles. The molecule has 0 atom stereocenters. The Balaban J connectivity index is 1.46. The Morgan fingerprint density at radius 2 is 0.956 bits per heavy atom. The van der Waals surface area contributed by atoms with Crippen molar-refractivity contribution in [1.29, 1.82) is 0 Å². The van der Waals surface area contributed by atoms with Gasteiger partial charge >= 0.3 is 0 Å². The normalized spacial score (nSPS) is 13.6. The molecule has 0 amide bonds. The first-order chi connectivity index (χ1) is 25.7. The monoisotopic (exact) mass is 581 g/mol. The van der Waals surface area contributed by atoms with E-state index in [0.717, 1.165) is 32.7 Å². The lowest BCUT2D eigenvalue weighted by molar-refractivity contribution is 1.28. The number of hydrogen-bond acceptors (Lipinski definition) is 1. The molecule has 45 heavy (non-hydrogen) atoms. The average molecular weight is 582 g/mol. The van der Waals surface area contributed by atoms with Crippen LogP contribution >= 0.6 is 0 Å². The number of rotatable bonds is 6. The van der Waals surface area contributed by atoms with Crippen LogP contribution in [0.2, 0.25) is 0 Å². The van der Waals surface area contributed by atoms with Gasteiger partial charge in [-0.3, -0.25) is 0 Å². The van der Waals surface area contributed by atoms with Crippen molar-refractivity contribution in [2.75, 3.05) is 4.90 Å². The molecule has 0 saturated heterocycles. The molecule has 0 N–H and O–H groups in total. The van der Waals surface area contributed by atoms with Crippen LogP contribution in [-0.4, -0.2) is 0 Å². The van der Waals surface area contributed by atoms with Crippen LogP contribution < -0.4 is 4.90 Å². The van der Waals surface area contributed by atoms with Gasteiger partial charge in [-0.1, -0.05) is 152 Å². The van der Waals surface area contributed by atoms with Gasteiger partial charge in [0, 0.05) is 17.1 Å². The minimum Gasteiger partial charge on any atom is -0.310 e. The number of fused-ring (bicyclic) bond motifs is 2. The summed E-state index contributed by atoms with van der Waals surface area (Å²) < 4.78 is 74.3. The number of nitrogens with zero attached hydrogens (tertiary/aromatic N) is 1. The highest BCUT2D eigenvalue weighted by Crippen LogP contribution is 2.40. The summed E-state index contributed by atoms with van der Waals surface area (Å²) in [5.41, 5.74) is 3.09. The van der Waals surface area contributed by atoms with E-state index in [9.17, 15) is 5.48 Å². The van der Waals surface area contributed by atoms with Crippen LogP contribution in [0.5, 0.6) is 0 Å². The quantitative estimate of drug-likeness (QED) is 0.189. The summed E-state index contributed by atoms with van der Waals surface area (Å²) in [6.07, 6.45) is 0. The Morgan fingerprint density at radius 3 is 1.67 bits per heavy atom. The van der Waals surface area contributed by atoms with Crippen LogP contribution in [0.3, 0.4) is 0 Å². The van der Waals surface area contributed by atoms with Crippen LogP contribution in [0.25, 0.3) is 54.9 Å². The predicted octanol–water partition coefficient (Wildman–Crippen LogP) is 12.5. The topological polar surface area (TPSA) is 3.24 Å². The van der Waals surface area contributed by atoms with Gasteiger partial charge in [0.05, 0.1) is 11.0 Å². The Bertz CT molecular complexity index is 2690. The average Bonchev–Trinajstić information content (AvgIpc) is 3.19. The Labute approximate surface area is 275 Å². The summed E-state index contributed by atoms with van der Waals surface area (Å²) in [5, 5.41) is 3.68. The van der Waals surface area contributed by atoms with E-state index in [4.69, 9.17) is 5.48 Å². The van der Waals surface area contributed by atoms with Crippen molar-refractivity contribution in [2.24, 2.45) is 0 Å². The molecule has 0 aromatic heterocycles. The fourth-order valence-corrected chi connectivity index (χ4v) is 5.85. The van der Waals surface area contributed by atoms with Crippen molar-refractivity contribution in [2.45, 2.75) is 0 Å². The van der Waals surface area contributed by atoms with E-state index in [2.05, 4.69) is 0 Å². The van der Waals surface area contributed by atoms with Crippen molar-refractivity contribution in [3.05, 3.63) is 188 Å². The second-order valence-electron chi connectivity index (χ2n) is 10.8. The fraction of sp³-hybridized carbons (Fsp3) is 0. The summed E-state index contributed by atoms with van der Waals surface area (Å²) >= 11 is 0. The third kappa shape index (κ3) is 5.15. The lowest BCUT2D eigenvalue weighted by Gasteiger charge is -2.27. The first kappa shape index (κ1) is 19.4. The molecule has 0 radical (unpaired) electrons. The molecule has 0 unspecified atom stereocenters. The minimum atomic E-state index is -0.441. The van der Waals surface area contributed by atoms with E-state index in [-0.39, 0.29) is 58.8 Å². The zero-order chi connectivity index (χ0) is 37.0. The largest absolute Gasteiger partial charge is 0.310 e. The van der Waals surface area contributed by atoms with Gasteiger partial charge in [-0.05, 0) is 91.2 Å². The molecule has 0 aliphatic heterocycles. The van der Waals surface area contributed by atoms with E-state index in [1.807, 2.05) is 103 Å². The van der Waals surface area contributed by atoms with Gasteiger partial charge < -0.3 is 4.90 Å². The maximum Gasteiger partial charge on any atom is 0.0651 e. The maximum atomic E-state index is 9.74. The van der Waals surface area contributed by atoms with Crippen molar-refractivity contribution < 1.29 is 11.0 Å². The van der Waals surface area contributed by atoms with Crippen LogP contribution in [0.15, 0.2) is 188 Å². The summed E-state index contributed by atoms with van der Waals surface area (Å²) in [7, 11) is 0. The second-order valence-corrected chi connectivity index (χ2v) is 10.8. The first-order valence-electron chi connectivity index (χ1n) is 18.8. The zero-order valence-corrected chi connectivity index (χ0v) is 24.2. The standard InChI is InChI=1S/C44H31N/c1-2-12-32(13-3-1)33-26-28-38(29-27-33)45(39-20-8-18-36(30-39)43-24-10-16-34-14-4-6-22-41(34)43)40-21-9-19-37(31-40)44-25-11-17-35-15-5-7-23-42(35)44/h1-31H/i8D,18D,20D,26D,27D,28D,29D,30D. The highest BCUT2D eigenvalue weighted by Gasteiger charge is 2.16. The lowest BCUT2D eigenvalue weighted by atomic mass is 9.97. The molecule has 1 heteroatoms. The predicted molar refractivity (Wildman–Crippen MR) is 192 cm³/mol. The number of hydrogen-bond donors (Lipinski definition) is 0. The highest BCUT2D eigenvalue weighted by molar-refractivity contribution is 5.99. The van der Waals surface area contributed by atoms with E-state index in [1.165, 1.54) is 4.90 Å². The Hall–Kier alpha value is -5.92. The fourth-order valence-electron chi connectivity index (χ4n) is 5.85. The SMILES string of the molecule is [2H]c1c([2H])c(-c2cccc3ccccc23)c([2H])c(N(c2cccc(-c3cccc4ccccc34)c2)c2c([2H])c([2H])c(-c3ccccc3)c([2H])c2[2H])c1[2H]. The van der Waals surface area contributed by atoms with Crippen molar-refractivity contribution >= 4 is 38.6 Å². The van der Waals surface area contributed by atoms with Crippen molar-refractivity contribution in [3.8, 4) is 33.4 Å². The molecular weight excluding hydrogens is 542 g/mol. The summed E-state index contributed by atoms with van der Waals surface area (Å²) in [6, 6.07) is 40.5. The zero-order valence-electron chi connectivity index (χ0n) is 32.2. The van der Waals surface area contributed by atoms with Gasteiger partial charge in [0.25, 0.3) is 0 Å². The molecule has 0 heterocycles. The van der Waals surface area contributed by atoms with E-state index in [0.29, 0.717) is 16.8 Å². The first-order valence-corrected chi connectivity index (χ1v) is 14.8. The van der Waals surface area contributed by atoms with Gasteiger partial charge in [-0.2, -0.15) is 0 Å². The second kappa shape index (κ2) is 11.6. The smallest absolute Gasteiger partial charge is 0.0651 e. The third-order valence-corrected chi connectivity index (χ3v) is 8.00. The number of anilines is 3. The molecule has 8 rings (SSSR count). The summed E-state index contributed by atoms with van der Waals surface area (Å²) in [4.78, 5) is 1.40. The van der Waals surface area contributed by atoms with Crippen molar-refractivity contribution in [3.63, 3.8) is 0 Å².